The van der Waals surface area contributed by atoms with E-state index in [-0.39, 0.29) is 5.92 Å². The van der Waals surface area contributed by atoms with Gasteiger partial charge in [-0.15, -0.1) is 0 Å². The summed E-state index contributed by atoms with van der Waals surface area (Å²) in [5.74, 6) is 0.679. The largest absolute Gasteiger partial charge is 0.493 e. The summed E-state index contributed by atoms with van der Waals surface area (Å²) in [6.45, 7) is 4.59. The highest BCUT2D eigenvalue weighted by atomic mass is 35.5. The van der Waals surface area contributed by atoms with Crippen molar-refractivity contribution in [3.05, 3.63) is 64.2 Å². The maximum Gasteiger partial charge on any atom is 0.122 e. The van der Waals surface area contributed by atoms with Crippen LogP contribution in [0.3, 0.4) is 0 Å². The number of hydrogen-bond acceptors (Lipinski definition) is 2. The Balaban J connectivity index is 1.97. The summed E-state index contributed by atoms with van der Waals surface area (Å²) >= 11 is 5.97. The van der Waals surface area contributed by atoms with E-state index in [9.17, 15) is 5.26 Å². The molecule has 0 fully saturated rings. The van der Waals surface area contributed by atoms with Gasteiger partial charge in [0.15, 0.2) is 0 Å². The van der Waals surface area contributed by atoms with Gasteiger partial charge in [-0.25, -0.2) is 0 Å². The van der Waals surface area contributed by atoms with E-state index in [4.69, 9.17) is 16.3 Å². The third-order valence-electron chi connectivity index (χ3n) is 3.40. The highest BCUT2D eigenvalue weighted by Gasteiger charge is 2.11. The minimum Gasteiger partial charge on any atom is -0.493 e. The third-order valence-corrected chi connectivity index (χ3v) is 3.64. The molecule has 108 valence electrons. The lowest BCUT2D eigenvalue weighted by Crippen LogP contribution is -2.05. The Hall–Kier alpha value is -1.98. The lowest BCUT2D eigenvalue weighted by molar-refractivity contribution is 0.304. The van der Waals surface area contributed by atoms with Crippen LogP contribution in [-0.4, -0.2) is 6.61 Å². The van der Waals surface area contributed by atoms with Crippen LogP contribution in [0.5, 0.6) is 5.75 Å². The topological polar surface area (TPSA) is 33.0 Å². The van der Waals surface area contributed by atoms with E-state index < -0.39 is 0 Å². The minimum absolute atomic E-state index is 0.200. The molecule has 0 saturated carbocycles. The molecule has 0 spiro atoms. The molecular weight excluding hydrogens is 282 g/mol. The zero-order chi connectivity index (χ0) is 15.2. The molecule has 2 aromatic rings. The molecule has 0 radical (unpaired) electrons. The molecule has 2 nitrogen and oxygen atoms in total. The molecule has 0 amide bonds. The van der Waals surface area contributed by atoms with Gasteiger partial charge in [0.05, 0.1) is 18.6 Å². The fourth-order valence-corrected chi connectivity index (χ4v) is 2.48. The second-order valence-electron chi connectivity index (χ2n) is 5.14. The molecule has 3 heteroatoms. The summed E-state index contributed by atoms with van der Waals surface area (Å²) in [7, 11) is 0. The molecule has 1 atom stereocenters. The third kappa shape index (κ3) is 4.24. The molecule has 1 unspecified atom stereocenters. The van der Waals surface area contributed by atoms with Gasteiger partial charge in [-0.05, 0) is 43.2 Å². The van der Waals surface area contributed by atoms with Gasteiger partial charge >= 0.3 is 0 Å². The predicted octanol–water partition coefficient (Wildman–Crippen LogP) is 5.03. The van der Waals surface area contributed by atoms with Crippen molar-refractivity contribution in [3.8, 4) is 11.8 Å². The summed E-state index contributed by atoms with van der Waals surface area (Å²) in [4.78, 5) is 0. The molecule has 2 aromatic carbocycles. The first-order valence-electron chi connectivity index (χ1n) is 6.95. The molecule has 2 rings (SSSR count). The van der Waals surface area contributed by atoms with E-state index in [1.54, 1.807) is 0 Å². The van der Waals surface area contributed by atoms with Crippen molar-refractivity contribution in [2.24, 2.45) is 0 Å². The molecule has 0 aliphatic heterocycles. The number of benzene rings is 2. The van der Waals surface area contributed by atoms with Gasteiger partial charge in [0.1, 0.15) is 5.75 Å². The number of halogens is 1. The molecule has 0 heterocycles. The van der Waals surface area contributed by atoms with Gasteiger partial charge in [-0.1, -0.05) is 41.4 Å². The summed E-state index contributed by atoms with van der Waals surface area (Å²) < 4.78 is 5.79. The van der Waals surface area contributed by atoms with Gasteiger partial charge in [0.25, 0.3) is 0 Å². The number of nitrogens with zero attached hydrogens (tertiary/aromatic N) is 1. The maximum atomic E-state index is 9.31. The molecule has 21 heavy (non-hydrogen) atoms. The highest BCUT2D eigenvalue weighted by Crippen LogP contribution is 2.24. The van der Waals surface area contributed by atoms with E-state index >= 15 is 0 Å². The summed E-state index contributed by atoms with van der Waals surface area (Å²) in [6.07, 6.45) is 0.643. The monoisotopic (exact) mass is 299 g/mol. The van der Waals surface area contributed by atoms with Crippen LogP contribution < -0.4 is 4.74 Å². The fraction of sp³-hybridized carbons (Fsp3) is 0.278. The zero-order valence-electron chi connectivity index (χ0n) is 12.3. The van der Waals surface area contributed by atoms with Crippen molar-refractivity contribution in [3.63, 3.8) is 0 Å². The molecule has 0 aliphatic carbocycles. The van der Waals surface area contributed by atoms with Gasteiger partial charge in [0, 0.05) is 11.4 Å². The lowest BCUT2D eigenvalue weighted by Gasteiger charge is -2.13. The van der Waals surface area contributed by atoms with Crippen LogP contribution in [0.25, 0.3) is 0 Å². The molecule has 0 N–H and O–H groups in total. The van der Waals surface area contributed by atoms with E-state index in [0.29, 0.717) is 18.1 Å². The zero-order valence-corrected chi connectivity index (χ0v) is 13.0. The van der Waals surface area contributed by atoms with Crippen LogP contribution in [-0.2, 0) is 0 Å². The Bertz CT molecular complexity index is 661. The predicted molar refractivity (Wildman–Crippen MR) is 85.8 cm³/mol. The second kappa shape index (κ2) is 7.15. The highest BCUT2D eigenvalue weighted by molar-refractivity contribution is 6.30. The first-order valence-corrected chi connectivity index (χ1v) is 7.33. The first-order chi connectivity index (χ1) is 10.1. The number of hydrogen-bond donors (Lipinski definition) is 0. The normalized spacial score (nSPS) is 11.7. The average molecular weight is 300 g/mol. The van der Waals surface area contributed by atoms with E-state index in [1.807, 2.05) is 43.3 Å². The summed E-state index contributed by atoms with van der Waals surface area (Å²) in [5, 5.41) is 9.97. The van der Waals surface area contributed by atoms with Crippen LogP contribution in [0.15, 0.2) is 42.5 Å². The van der Waals surface area contributed by atoms with Crippen LogP contribution in [0.1, 0.15) is 29.0 Å². The van der Waals surface area contributed by atoms with Crippen molar-refractivity contribution in [1.29, 1.82) is 5.26 Å². The second-order valence-corrected chi connectivity index (χ2v) is 5.58. The molecule has 0 aromatic heterocycles. The van der Waals surface area contributed by atoms with Crippen molar-refractivity contribution >= 4 is 11.6 Å². The van der Waals surface area contributed by atoms with Crippen LogP contribution in [0.2, 0.25) is 5.02 Å². The summed E-state index contributed by atoms with van der Waals surface area (Å²) in [6, 6.07) is 15.9. The van der Waals surface area contributed by atoms with E-state index in [1.165, 1.54) is 5.56 Å². The standard InChI is InChI=1S/C18H18ClNO/c1-13-6-7-18(14(2)10-13)21-9-8-16(12-20)15-4-3-5-17(19)11-15/h3-7,10-11,16H,8-9H2,1-2H3. The smallest absolute Gasteiger partial charge is 0.122 e. The quantitative estimate of drug-likeness (QED) is 0.775. The molecule has 0 saturated heterocycles. The van der Waals surface area contributed by atoms with Crippen LogP contribution in [0, 0.1) is 25.2 Å². The van der Waals surface area contributed by atoms with Gasteiger partial charge in [-0.2, -0.15) is 5.26 Å². The number of aryl methyl sites for hydroxylation is 2. The Morgan fingerprint density at radius 2 is 2.00 bits per heavy atom. The van der Waals surface area contributed by atoms with Crippen molar-refractivity contribution in [2.75, 3.05) is 6.61 Å². The lowest BCUT2D eigenvalue weighted by atomic mass is 9.98. The fourth-order valence-electron chi connectivity index (χ4n) is 2.28. The van der Waals surface area contributed by atoms with Crippen molar-refractivity contribution in [1.82, 2.24) is 0 Å². The SMILES string of the molecule is Cc1ccc(OCCC(C#N)c2cccc(Cl)c2)c(C)c1. The average Bonchev–Trinajstić information content (AvgIpc) is 2.45. The Kier molecular flexibility index (Phi) is 5.25. The Morgan fingerprint density at radius 1 is 1.19 bits per heavy atom. The minimum atomic E-state index is -0.200. The van der Waals surface area contributed by atoms with Gasteiger partial charge in [0.2, 0.25) is 0 Å². The Morgan fingerprint density at radius 3 is 2.67 bits per heavy atom. The van der Waals surface area contributed by atoms with Crippen molar-refractivity contribution < 1.29 is 4.74 Å². The van der Waals surface area contributed by atoms with Gasteiger partial charge < -0.3 is 4.74 Å². The molecule has 0 aliphatic rings. The maximum absolute atomic E-state index is 9.31. The molecular formula is C18H18ClNO. The molecule has 0 bridgehead atoms. The van der Waals surface area contributed by atoms with E-state index in [0.717, 1.165) is 16.9 Å². The first kappa shape index (κ1) is 15.4. The summed E-state index contributed by atoms with van der Waals surface area (Å²) in [5.41, 5.74) is 3.27. The van der Waals surface area contributed by atoms with Crippen LogP contribution >= 0.6 is 11.6 Å². The van der Waals surface area contributed by atoms with E-state index in [2.05, 4.69) is 19.1 Å². The van der Waals surface area contributed by atoms with Gasteiger partial charge in [-0.3, -0.25) is 0 Å². The van der Waals surface area contributed by atoms with Crippen LogP contribution in [0.4, 0.5) is 0 Å². The number of nitriles is 1. The number of ether oxygens (including phenoxy) is 1. The number of rotatable bonds is 5. The Labute approximate surface area is 130 Å². The van der Waals surface area contributed by atoms with Crippen molar-refractivity contribution in [2.45, 2.75) is 26.2 Å².